The Morgan fingerprint density at radius 3 is 2.65 bits per heavy atom. The number of nitrogens with zero attached hydrogens (tertiary/aromatic N) is 1. The van der Waals surface area contributed by atoms with E-state index in [0.717, 1.165) is 6.07 Å². The lowest BCUT2D eigenvalue weighted by Crippen LogP contribution is -2.08. The highest BCUT2D eigenvalue weighted by molar-refractivity contribution is 14.1. The van der Waals surface area contributed by atoms with E-state index in [2.05, 4.69) is 9.47 Å². The first-order chi connectivity index (χ1) is 7.99. The number of methoxy groups -OCH3 is 1. The van der Waals surface area contributed by atoms with Crippen molar-refractivity contribution in [3.8, 4) is 11.8 Å². The molecule has 0 amide bonds. The lowest BCUT2D eigenvalue weighted by atomic mass is 10.1. The Bertz CT molecular complexity index is 485. The minimum Gasteiger partial charge on any atom is -0.465 e. The molecule has 7 heteroatoms. The van der Waals surface area contributed by atoms with E-state index in [1.165, 1.54) is 13.2 Å². The molecule has 0 atom stereocenters. The van der Waals surface area contributed by atoms with Gasteiger partial charge < -0.3 is 9.47 Å². The van der Waals surface area contributed by atoms with Gasteiger partial charge in [-0.15, -0.1) is 0 Å². The first-order valence-corrected chi connectivity index (χ1v) is 5.34. The first-order valence-electron chi connectivity index (χ1n) is 4.26. The molecular weight excluding hydrogens is 347 g/mol. The van der Waals surface area contributed by atoms with Gasteiger partial charge in [0.2, 0.25) is 0 Å². The number of carbonyl (C=O) groups excluding carboxylic acids is 1. The second-order valence-corrected chi connectivity index (χ2v) is 3.97. The number of ether oxygens (including phenoxy) is 2. The van der Waals surface area contributed by atoms with Crippen LogP contribution in [-0.2, 0) is 4.74 Å². The summed E-state index contributed by atoms with van der Waals surface area (Å²) < 4.78 is 33.3. The highest BCUT2D eigenvalue weighted by Crippen LogP contribution is 2.26. The van der Waals surface area contributed by atoms with Crippen LogP contribution < -0.4 is 4.74 Å². The molecule has 1 aromatic carbocycles. The highest BCUT2D eigenvalue weighted by atomic mass is 127. The lowest BCUT2D eigenvalue weighted by Gasteiger charge is -2.09. The van der Waals surface area contributed by atoms with Crippen molar-refractivity contribution in [2.45, 2.75) is 6.61 Å². The monoisotopic (exact) mass is 353 g/mol. The zero-order valence-electron chi connectivity index (χ0n) is 8.54. The van der Waals surface area contributed by atoms with Crippen LogP contribution in [0.1, 0.15) is 15.9 Å². The van der Waals surface area contributed by atoms with Crippen LogP contribution in [0, 0.1) is 14.9 Å². The van der Waals surface area contributed by atoms with E-state index in [4.69, 9.17) is 5.26 Å². The summed E-state index contributed by atoms with van der Waals surface area (Å²) in [5.41, 5.74) is 0.00473. The second kappa shape index (κ2) is 5.77. The van der Waals surface area contributed by atoms with Gasteiger partial charge in [0.1, 0.15) is 11.8 Å². The van der Waals surface area contributed by atoms with Crippen LogP contribution in [-0.4, -0.2) is 19.7 Å². The molecule has 0 heterocycles. The van der Waals surface area contributed by atoms with Crippen molar-refractivity contribution >= 4 is 28.6 Å². The Hall–Kier alpha value is -1.43. The van der Waals surface area contributed by atoms with Crippen molar-refractivity contribution in [1.29, 1.82) is 5.26 Å². The molecule has 1 rings (SSSR count). The zero-order valence-corrected chi connectivity index (χ0v) is 10.7. The molecule has 0 fully saturated rings. The van der Waals surface area contributed by atoms with Gasteiger partial charge in [-0.25, -0.2) is 4.79 Å². The van der Waals surface area contributed by atoms with Gasteiger partial charge in [-0.05, 0) is 34.7 Å². The molecular formula is C10H6F2INO3. The molecule has 0 saturated heterocycles. The van der Waals surface area contributed by atoms with Gasteiger partial charge in [-0.3, -0.25) is 0 Å². The quantitative estimate of drug-likeness (QED) is 0.619. The van der Waals surface area contributed by atoms with Gasteiger partial charge in [0.25, 0.3) is 0 Å². The Labute approximate surface area is 109 Å². The summed E-state index contributed by atoms with van der Waals surface area (Å²) >= 11 is 1.80. The maximum absolute atomic E-state index is 12.1. The molecule has 0 aliphatic carbocycles. The number of rotatable bonds is 3. The van der Waals surface area contributed by atoms with Crippen LogP contribution in [0.15, 0.2) is 12.1 Å². The number of benzene rings is 1. The molecule has 0 N–H and O–H groups in total. The summed E-state index contributed by atoms with van der Waals surface area (Å²) in [4.78, 5) is 11.3. The molecule has 0 spiro atoms. The summed E-state index contributed by atoms with van der Waals surface area (Å²) in [6, 6.07) is 4.06. The predicted molar refractivity (Wildman–Crippen MR) is 61.8 cm³/mol. The second-order valence-electron chi connectivity index (χ2n) is 2.81. The molecule has 0 saturated carbocycles. The van der Waals surface area contributed by atoms with Crippen LogP contribution in [0.4, 0.5) is 8.78 Å². The number of alkyl halides is 2. The molecule has 0 aromatic heterocycles. The molecule has 0 aliphatic heterocycles. The van der Waals surface area contributed by atoms with Gasteiger partial charge in [0.05, 0.1) is 18.2 Å². The van der Waals surface area contributed by atoms with E-state index in [0.29, 0.717) is 3.57 Å². The molecule has 0 aliphatic rings. The van der Waals surface area contributed by atoms with E-state index in [9.17, 15) is 13.6 Å². The fraction of sp³-hybridized carbons (Fsp3) is 0.200. The third kappa shape index (κ3) is 3.26. The van der Waals surface area contributed by atoms with Crippen molar-refractivity contribution < 1.29 is 23.0 Å². The molecule has 0 radical (unpaired) electrons. The number of esters is 1. The van der Waals surface area contributed by atoms with Crippen LogP contribution in [0.2, 0.25) is 0 Å². The van der Waals surface area contributed by atoms with Crippen LogP contribution in [0.5, 0.6) is 5.75 Å². The van der Waals surface area contributed by atoms with Crippen LogP contribution in [0.3, 0.4) is 0 Å². The summed E-state index contributed by atoms with van der Waals surface area (Å²) in [6.07, 6.45) is 0. The first kappa shape index (κ1) is 13.6. The largest absolute Gasteiger partial charge is 0.465 e. The normalized spacial score (nSPS) is 9.88. The molecule has 90 valence electrons. The van der Waals surface area contributed by atoms with Gasteiger partial charge in [0.15, 0.2) is 0 Å². The number of hydrogen-bond acceptors (Lipinski definition) is 4. The standard InChI is InChI=1S/C10H6F2INO3/c1-16-9(15)6-3-8(17-10(11)12)5(4-14)2-7(6)13/h2-3,10H,1H3. The van der Waals surface area contributed by atoms with Crippen molar-refractivity contribution in [3.05, 3.63) is 26.8 Å². The van der Waals surface area contributed by atoms with Crippen LogP contribution >= 0.6 is 22.6 Å². The molecule has 0 bridgehead atoms. The van der Waals surface area contributed by atoms with Crippen molar-refractivity contribution in [1.82, 2.24) is 0 Å². The summed E-state index contributed by atoms with van der Waals surface area (Å²) in [6.45, 7) is -3.06. The summed E-state index contributed by atoms with van der Waals surface area (Å²) in [7, 11) is 1.17. The topological polar surface area (TPSA) is 59.3 Å². The van der Waals surface area contributed by atoms with E-state index >= 15 is 0 Å². The third-order valence-corrected chi connectivity index (χ3v) is 2.70. The minimum absolute atomic E-state index is 0.0673. The van der Waals surface area contributed by atoms with Crippen LogP contribution in [0.25, 0.3) is 0 Å². The highest BCUT2D eigenvalue weighted by Gasteiger charge is 2.17. The zero-order chi connectivity index (χ0) is 13.0. The van der Waals surface area contributed by atoms with E-state index in [1.807, 2.05) is 0 Å². The Morgan fingerprint density at radius 1 is 1.53 bits per heavy atom. The maximum Gasteiger partial charge on any atom is 0.387 e. The number of halogens is 3. The SMILES string of the molecule is COC(=O)c1cc(OC(F)F)c(C#N)cc1I. The molecule has 17 heavy (non-hydrogen) atoms. The molecule has 0 unspecified atom stereocenters. The number of hydrogen-bond donors (Lipinski definition) is 0. The lowest BCUT2D eigenvalue weighted by molar-refractivity contribution is -0.0501. The molecule has 4 nitrogen and oxygen atoms in total. The average Bonchev–Trinajstić information content (AvgIpc) is 2.29. The maximum atomic E-state index is 12.1. The third-order valence-electron chi connectivity index (χ3n) is 1.81. The van der Waals surface area contributed by atoms with Gasteiger partial charge in [-0.2, -0.15) is 14.0 Å². The van der Waals surface area contributed by atoms with Gasteiger partial charge in [-0.1, -0.05) is 0 Å². The smallest absolute Gasteiger partial charge is 0.387 e. The van der Waals surface area contributed by atoms with E-state index in [1.54, 1.807) is 28.7 Å². The Balaban J connectivity index is 3.28. The molecule has 1 aromatic rings. The minimum atomic E-state index is -3.06. The number of carbonyl (C=O) groups is 1. The number of nitriles is 1. The fourth-order valence-electron chi connectivity index (χ4n) is 1.10. The Morgan fingerprint density at radius 2 is 2.18 bits per heavy atom. The van der Waals surface area contributed by atoms with Crippen molar-refractivity contribution in [3.63, 3.8) is 0 Å². The van der Waals surface area contributed by atoms with Crippen molar-refractivity contribution in [2.75, 3.05) is 7.11 Å². The van der Waals surface area contributed by atoms with Gasteiger partial charge in [0, 0.05) is 3.57 Å². The van der Waals surface area contributed by atoms with E-state index in [-0.39, 0.29) is 16.9 Å². The average molecular weight is 353 g/mol. The van der Waals surface area contributed by atoms with E-state index < -0.39 is 12.6 Å². The summed E-state index contributed by atoms with van der Waals surface area (Å²) in [5.74, 6) is -1.03. The fourth-order valence-corrected chi connectivity index (χ4v) is 1.79. The summed E-state index contributed by atoms with van der Waals surface area (Å²) in [5, 5.41) is 8.75. The van der Waals surface area contributed by atoms with Crippen molar-refractivity contribution in [2.24, 2.45) is 0 Å². The Kier molecular flexibility index (Phi) is 4.62. The predicted octanol–water partition coefficient (Wildman–Crippen LogP) is 2.55. The van der Waals surface area contributed by atoms with Gasteiger partial charge >= 0.3 is 12.6 Å².